The van der Waals surface area contributed by atoms with Gasteiger partial charge in [-0.25, -0.2) is 0 Å². The monoisotopic (exact) mass is 292 g/mol. The molecule has 2 fully saturated rings. The van der Waals surface area contributed by atoms with Crippen LogP contribution in [0.4, 0.5) is 5.69 Å². The van der Waals surface area contributed by atoms with Crippen molar-refractivity contribution in [2.45, 2.75) is 31.3 Å². The van der Waals surface area contributed by atoms with E-state index in [-0.39, 0.29) is 0 Å². The van der Waals surface area contributed by atoms with E-state index >= 15 is 0 Å². The first-order valence-electron chi connectivity index (χ1n) is 7.58. The predicted octanol–water partition coefficient (Wildman–Crippen LogP) is 2.04. The third-order valence-corrected chi connectivity index (χ3v) is 4.62. The predicted molar refractivity (Wildman–Crippen MR) is 82.9 cm³/mol. The van der Waals surface area contributed by atoms with E-state index in [2.05, 4.69) is 22.3 Å². The highest BCUT2D eigenvalue weighted by Crippen LogP contribution is 2.42. The fourth-order valence-corrected chi connectivity index (χ4v) is 3.64. The minimum atomic E-state index is 0.571. The van der Waals surface area contributed by atoms with Crippen molar-refractivity contribution in [1.82, 2.24) is 5.32 Å². The second kappa shape index (κ2) is 6.02. The van der Waals surface area contributed by atoms with Gasteiger partial charge in [-0.05, 0) is 19.3 Å². The smallest absolute Gasteiger partial charge is 0.203 e. The molecule has 1 aliphatic carbocycles. The summed E-state index contributed by atoms with van der Waals surface area (Å²) in [6.45, 7) is 2.04. The first-order valence-corrected chi connectivity index (χ1v) is 7.58. The van der Waals surface area contributed by atoms with E-state index in [0.717, 1.165) is 30.3 Å². The van der Waals surface area contributed by atoms with Gasteiger partial charge in [0.1, 0.15) is 0 Å². The van der Waals surface area contributed by atoms with E-state index in [1.165, 1.54) is 19.3 Å². The molecule has 5 heteroatoms. The number of methoxy groups -OCH3 is 3. The van der Waals surface area contributed by atoms with Gasteiger partial charge >= 0.3 is 0 Å². The number of hydrogen-bond acceptors (Lipinski definition) is 5. The van der Waals surface area contributed by atoms with Gasteiger partial charge in [-0.3, -0.25) is 0 Å². The van der Waals surface area contributed by atoms with Crippen LogP contribution in [-0.4, -0.2) is 46.5 Å². The van der Waals surface area contributed by atoms with Crippen LogP contribution in [0, 0.1) is 0 Å². The number of nitrogens with zero attached hydrogens (tertiary/aromatic N) is 1. The maximum atomic E-state index is 5.47. The first kappa shape index (κ1) is 14.3. The van der Waals surface area contributed by atoms with Crippen LogP contribution in [0.3, 0.4) is 0 Å². The quantitative estimate of drug-likeness (QED) is 0.920. The van der Waals surface area contributed by atoms with Gasteiger partial charge in [0.2, 0.25) is 5.75 Å². The fourth-order valence-electron chi connectivity index (χ4n) is 3.64. The zero-order valence-corrected chi connectivity index (χ0v) is 13.0. The summed E-state index contributed by atoms with van der Waals surface area (Å²) in [5.74, 6) is 2.10. The Morgan fingerprint density at radius 1 is 1.05 bits per heavy atom. The van der Waals surface area contributed by atoms with Crippen LogP contribution in [0.15, 0.2) is 12.1 Å². The molecule has 0 spiro atoms. The Morgan fingerprint density at radius 3 is 2.38 bits per heavy atom. The van der Waals surface area contributed by atoms with Crippen molar-refractivity contribution < 1.29 is 14.2 Å². The van der Waals surface area contributed by atoms with Crippen LogP contribution in [0.25, 0.3) is 0 Å². The molecule has 0 radical (unpaired) electrons. The van der Waals surface area contributed by atoms with Crippen molar-refractivity contribution >= 4 is 5.69 Å². The third-order valence-electron chi connectivity index (χ3n) is 4.62. The Labute approximate surface area is 126 Å². The lowest BCUT2D eigenvalue weighted by atomic mass is 10.1. The topological polar surface area (TPSA) is 43.0 Å². The Kier molecular flexibility index (Phi) is 4.10. The second-order valence-corrected chi connectivity index (χ2v) is 5.64. The summed E-state index contributed by atoms with van der Waals surface area (Å²) in [6, 6.07) is 5.30. The van der Waals surface area contributed by atoms with E-state index in [9.17, 15) is 0 Å². The second-order valence-electron chi connectivity index (χ2n) is 5.64. The van der Waals surface area contributed by atoms with Crippen molar-refractivity contribution in [3.8, 4) is 17.2 Å². The average Bonchev–Trinajstić information content (AvgIpc) is 3.01. The van der Waals surface area contributed by atoms with Crippen LogP contribution in [0.2, 0.25) is 0 Å². The summed E-state index contributed by atoms with van der Waals surface area (Å²) >= 11 is 0. The van der Waals surface area contributed by atoms with E-state index in [1.54, 1.807) is 21.3 Å². The van der Waals surface area contributed by atoms with Gasteiger partial charge in [0, 0.05) is 43.0 Å². The molecule has 1 aliphatic heterocycles. The number of nitrogens with one attached hydrogen (secondary N) is 1. The molecule has 1 heterocycles. The van der Waals surface area contributed by atoms with Gasteiger partial charge in [-0.2, -0.15) is 0 Å². The van der Waals surface area contributed by atoms with Gasteiger partial charge < -0.3 is 24.4 Å². The van der Waals surface area contributed by atoms with Crippen LogP contribution < -0.4 is 24.4 Å². The molecule has 0 bridgehead atoms. The van der Waals surface area contributed by atoms with Crippen molar-refractivity contribution in [2.24, 2.45) is 0 Å². The standard InChI is InChI=1S/C16H24N2O3/c1-19-14-9-11(10-15(20-2)16(14)21-3)18-8-7-17-12-5-4-6-13(12)18/h9-10,12-13,17H,4-8H2,1-3H3/t12-,13+/m1/s1. The van der Waals surface area contributed by atoms with E-state index in [4.69, 9.17) is 14.2 Å². The molecule has 5 nitrogen and oxygen atoms in total. The number of rotatable bonds is 4. The summed E-state index contributed by atoms with van der Waals surface area (Å²) in [6.07, 6.45) is 3.81. The third kappa shape index (κ3) is 2.50. The number of fused-ring (bicyclic) bond motifs is 1. The molecule has 1 aromatic rings. The zero-order valence-electron chi connectivity index (χ0n) is 13.0. The average molecular weight is 292 g/mol. The van der Waals surface area contributed by atoms with Crippen molar-refractivity contribution in [1.29, 1.82) is 0 Å². The van der Waals surface area contributed by atoms with Crippen LogP contribution in [0.1, 0.15) is 19.3 Å². The normalized spacial score (nSPS) is 24.6. The molecule has 2 aliphatic rings. The van der Waals surface area contributed by atoms with E-state index in [0.29, 0.717) is 17.8 Å². The zero-order chi connectivity index (χ0) is 14.8. The van der Waals surface area contributed by atoms with E-state index < -0.39 is 0 Å². The summed E-state index contributed by atoms with van der Waals surface area (Å²) in [5.41, 5.74) is 1.16. The Bertz CT molecular complexity index is 481. The number of piperazine rings is 1. The largest absolute Gasteiger partial charge is 0.493 e. The molecule has 3 rings (SSSR count). The SMILES string of the molecule is COc1cc(N2CCN[C@@H]3CCC[C@@H]32)cc(OC)c1OC. The number of ether oxygens (including phenoxy) is 3. The molecule has 1 N–H and O–H groups in total. The molecule has 0 amide bonds. The van der Waals surface area contributed by atoms with Gasteiger partial charge in [0.05, 0.1) is 21.3 Å². The molecule has 2 atom stereocenters. The highest BCUT2D eigenvalue weighted by Gasteiger charge is 2.35. The van der Waals surface area contributed by atoms with Crippen molar-refractivity contribution in [2.75, 3.05) is 39.3 Å². The maximum Gasteiger partial charge on any atom is 0.203 e. The maximum absolute atomic E-state index is 5.47. The summed E-state index contributed by atoms with van der Waals surface area (Å²) < 4.78 is 16.4. The molecule has 1 aromatic carbocycles. The van der Waals surface area contributed by atoms with Gasteiger partial charge in [-0.15, -0.1) is 0 Å². The Morgan fingerprint density at radius 2 is 1.76 bits per heavy atom. The molecular weight excluding hydrogens is 268 g/mol. The lowest BCUT2D eigenvalue weighted by Gasteiger charge is -2.40. The Hall–Kier alpha value is -1.62. The number of hydrogen-bond donors (Lipinski definition) is 1. The Balaban J connectivity index is 1.97. The molecule has 0 unspecified atom stereocenters. The summed E-state index contributed by atoms with van der Waals surface area (Å²) in [5, 5.41) is 3.63. The highest BCUT2D eigenvalue weighted by atomic mass is 16.5. The molecule has 0 aromatic heterocycles. The molecule has 116 valence electrons. The lowest BCUT2D eigenvalue weighted by Crippen LogP contribution is -2.55. The van der Waals surface area contributed by atoms with E-state index in [1.807, 2.05) is 0 Å². The highest BCUT2D eigenvalue weighted by molar-refractivity contribution is 5.64. The molecule has 21 heavy (non-hydrogen) atoms. The van der Waals surface area contributed by atoms with Gasteiger partial charge in [0.25, 0.3) is 0 Å². The fraction of sp³-hybridized carbons (Fsp3) is 0.625. The van der Waals surface area contributed by atoms with Crippen LogP contribution in [-0.2, 0) is 0 Å². The van der Waals surface area contributed by atoms with Crippen molar-refractivity contribution in [3.63, 3.8) is 0 Å². The number of benzene rings is 1. The minimum Gasteiger partial charge on any atom is -0.493 e. The van der Waals surface area contributed by atoms with Crippen LogP contribution in [0.5, 0.6) is 17.2 Å². The summed E-state index contributed by atoms with van der Waals surface area (Å²) in [4.78, 5) is 2.48. The molecule has 1 saturated heterocycles. The van der Waals surface area contributed by atoms with Gasteiger partial charge in [0.15, 0.2) is 11.5 Å². The molecular formula is C16H24N2O3. The van der Waals surface area contributed by atoms with Crippen LogP contribution >= 0.6 is 0 Å². The van der Waals surface area contributed by atoms with Gasteiger partial charge in [-0.1, -0.05) is 0 Å². The van der Waals surface area contributed by atoms with Crippen molar-refractivity contribution in [3.05, 3.63) is 12.1 Å². The lowest BCUT2D eigenvalue weighted by molar-refractivity contribution is 0.323. The molecule has 1 saturated carbocycles. The number of anilines is 1. The minimum absolute atomic E-state index is 0.571. The summed E-state index contributed by atoms with van der Waals surface area (Å²) in [7, 11) is 4.96. The first-order chi connectivity index (χ1) is 10.3.